The van der Waals surface area contributed by atoms with Gasteiger partial charge in [-0.1, -0.05) is 58.0 Å². The SMILES string of the molecule is Cc1nc(CN2CCN([C@H](C(=O)N[C@@H](Cc3ccccc3)[C@@H](O)CN(CC(C)C)S(=O)(=O)c3ccc4c(c3)CCN4)C(C)C)C2=O)cs1. The van der Waals surface area contributed by atoms with E-state index in [1.807, 2.05) is 70.3 Å². The second-order valence-corrected chi connectivity index (χ2v) is 16.5. The molecule has 0 unspecified atom stereocenters. The van der Waals surface area contributed by atoms with E-state index in [1.165, 1.54) is 15.6 Å². The van der Waals surface area contributed by atoms with Crippen molar-refractivity contribution >= 4 is 39.0 Å². The van der Waals surface area contributed by atoms with Crippen LogP contribution in [-0.2, 0) is 34.2 Å². The van der Waals surface area contributed by atoms with Gasteiger partial charge in [-0.2, -0.15) is 4.31 Å². The molecule has 0 saturated carbocycles. The number of carbonyl (C=O) groups excluding carboxylic acids is 2. The fourth-order valence-electron chi connectivity index (χ4n) is 6.51. The van der Waals surface area contributed by atoms with Gasteiger partial charge in [0.1, 0.15) is 6.04 Å². The molecule has 3 amide bonds. The van der Waals surface area contributed by atoms with Crippen LogP contribution in [0.4, 0.5) is 10.5 Å². The first-order chi connectivity index (χ1) is 22.8. The smallest absolute Gasteiger partial charge is 0.321 e. The molecule has 1 fully saturated rings. The Bertz CT molecular complexity index is 1680. The van der Waals surface area contributed by atoms with E-state index in [-0.39, 0.29) is 48.2 Å². The minimum atomic E-state index is -3.96. The summed E-state index contributed by atoms with van der Waals surface area (Å²) in [5.74, 6) is -0.598. The summed E-state index contributed by atoms with van der Waals surface area (Å²) in [6.07, 6.45) is -0.206. The van der Waals surface area contributed by atoms with E-state index in [9.17, 15) is 23.1 Å². The van der Waals surface area contributed by atoms with Crippen LogP contribution >= 0.6 is 11.3 Å². The fourth-order valence-corrected chi connectivity index (χ4v) is 8.79. The van der Waals surface area contributed by atoms with Gasteiger partial charge < -0.3 is 25.5 Å². The van der Waals surface area contributed by atoms with E-state index in [2.05, 4.69) is 15.6 Å². The molecule has 5 rings (SSSR count). The third-order valence-electron chi connectivity index (χ3n) is 8.86. The largest absolute Gasteiger partial charge is 0.390 e. The summed E-state index contributed by atoms with van der Waals surface area (Å²) in [5.41, 5.74) is 3.59. The number of nitrogens with one attached hydrogen (secondary N) is 2. The molecule has 2 aliphatic heterocycles. The van der Waals surface area contributed by atoms with E-state index >= 15 is 0 Å². The number of benzene rings is 2. The van der Waals surface area contributed by atoms with Crippen LogP contribution in [0.3, 0.4) is 0 Å². The van der Waals surface area contributed by atoms with Crippen molar-refractivity contribution in [2.24, 2.45) is 11.8 Å². The van der Waals surface area contributed by atoms with Crippen LogP contribution in [0.2, 0.25) is 0 Å². The van der Waals surface area contributed by atoms with Crippen molar-refractivity contribution in [2.75, 3.05) is 38.0 Å². The van der Waals surface area contributed by atoms with Gasteiger partial charge in [-0.25, -0.2) is 18.2 Å². The molecule has 1 saturated heterocycles. The monoisotopic (exact) mass is 696 g/mol. The molecule has 11 nitrogen and oxygen atoms in total. The van der Waals surface area contributed by atoms with Crippen molar-refractivity contribution in [3.63, 3.8) is 0 Å². The molecule has 3 aromatic rings. The number of fused-ring (bicyclic) bond motifs is 1. The number of rotatable bonds is 15. The number of thiazole rings is 1. The van der Waals surface area contributed by atoms with Gasteiger partial charge in [-0.15, -0.1) is 11.3 Å². The van der Waals surface area contributed by atoms with Crippen molar-refractivity contribution in [1.29, 1.82) is 0 Å². The highest BCUT2D eigenvalue weighted by Gasteiger charge is 2.40. The maximum atomic E-state index is 14.1. The molecule has 13 heteroatoms. The molecular weight excluding hydrogens is 649 g/mol. The summed E-state index contributed by atoms with van der Waals surface area (Å²) in [7, 11) is -3.96. The highest BCUT2D eigenvalue weighted by atomic mass is 32.2. The number of aliphatic hydroxyl groups excluding tert-OH is 1. The van der Waals surface area contributed by atoms with Crippen LogP contribution in [0.5, 0.6) is 0 Å². The number of hydrogen-bond acceptors (Lipinski definition) is 8. The second-order valence-electron chi connectivity index (χ2n) is 13.5. The number of aromatic nitrogens is 1. The number of aliphatic hydroxyl groups is 1. The summed E-state index contributed by atoms with van der Waals surface area (Å²) in [4.78, 5) is 35.6. The van der Waals surface area contributed by atoms with Crippen LogP contribution in [-0.4, -0.2) is 95.5 Å². The molecule has 0 radical (unpaired) electrons. The zero-order valence-corrected chi connectivity index (χ0v) is 30.1. The number of carbonyl (C=O) groups is 2. The fraction of sp³-hybridized carbons (Fsp3) is 0.514. The number of aryl methyl sites for hydroxylation is 1. The first-order valence-electron chi connectivity index (χ1n) is 16.7. The molecule has 3 heterocycles. The number of nitrogens with zero attached hydrogens (tertiary/aromatic N) is 4. The third-order valence-corrected chi connectivity index (χ3v) is 11.5. The molecule has 0 spiro atoms. The van der Waals surface area contributed by atoms with Gasteiger partial charge in [0.2, 0.25) is 15.9 Å². The zero-order valence-electron chi connectivity index (χ0n) is 28.4. The maximum Gasteiger partial charge on any atom is 0.321 e. The lowest BCUT2D eigenvalue weighted by atomic mass is 9.97. The maximum absolute atomic E-state index is 14.1. The van der Waals surface area contributed by atoms with Gasteiger partial charge in [0.05, 0.1) is 34.3 Å². The summed E-state index contributed by atoms with van der Waals surface area (Å²) >= 11 is 1.53. The standard InChI is InChI=1S/C35H48N6O5S2/c1-23(2)19-40(48(45,46)29-11-12-30-27(18-29)13-14-36-30)21-32(42)31(17-26-9-7-6-8-10-26)38-34(43)33(24(3)4)41-16-15-39(35(41)44)20-28-22-47-25(5)37-28/h6-12,18,22-24,31-33,36,42H,13-17,19-21H2,1-5H3,(H,38,43)/t31-,32-,33-/m0/s1. The molecule has 0 bridgehead atoms. The van der Waals surface area contributed by atoms with E-state index in [1.54, 1.807) is 28.0 Å². The van der Waals surface area contributed by atoms with E-state index < -0.39 is 28.2 Å². The van der Waals surface area contributed by atoms with Crippen molar-refractivity contribution in [3.8, 4) is 0 Å². The molecular formula is C35H48N6O5S2. The molecule has 260 valence electrons. The van der Waals surface area contributed by atoms with Crippen molar-refractivity contribution in [1.82, 2.24) is 24.4 Å². The summed E-state index contributed by atoms with van der Waals surface area (Å²) < 4.78 is 29.4. The number of urea groups is 1. The Morgan fingerprint density at radius 1 is 1.10 bits per heavy atom. The summed E-state index contributed by atoms with van der Waals surface area (Å²) in [5, 5.41) is 21.0. The van der Waals surface area contributed by atoms with Crippen LogP contribution < -0.4 is 10.6 Å². The van der Waals surface area contributed by atoms with Gasteiger partial charge in [-0.3, -0.25) is 4.79 Å². The second kappa shape index (κ2) is 15.4. The normalized spacial score (nSPS) is 16.8. The molecule has 3 atom stereocenters. The lowest BCUT2D eigenvalue weighted by molar-refractivity contribution is -0.128. The van der Waals surface area contributed by atoms with Gasteiger partial charge in [0, 0.05) is 43.8 Å². The van der Waals surface area contributed by atoms with Crippen LogP contribution in [0.1, 0.15) is 49.5 Å². The third kappa shape index (κ3) is 8.36. The lowest BCUT2D eigenvalue weighted by Crippen LogP contribution is -2.57. The van der Waals surface area contributed by atoms with Crippen molar-refractivity contribution in [3.05, 3.63) is 75.7 Å². The summed E-state index contributed by atoms with van der Waals surface area (Å²) in [6, 6.07) is 12.8. The molecule has 0 aliphatic carbocycles. The Kier molecular flexibility index (Phi) is 11.4. The Morgan fingerprint density at radius 3 is 2.52 bits per heavy atom. The Balaban J connectivity index is 1.37. The average Bonchev–Trinajstić information content (AvgIpc) is 3.77. The Hall–Kier alpha value is -3.52. The van der Waals surface area contributed by atoms with Gasteiger partial charge in [0.15, 0.2) is 0 Å². The quantitative estimate of drug-likeness (QED) is 0.218. The minimum absolute atomic E-state index is 0.00660. The molecule has 48 heavy (non-hydrogen) atoms. The highest BCUT2D eigenvalue weighted by Crippen LogP contribution is 2.28. The Labute approximate surface area is 288 Å². The predicted molar refractivity (Wildman–Crippen MR) is 188 cm³/mol. The molecule has 1 aromatic heterocycles. The van der Waals surface area contributed by atoms with Gasteiger partial charge >= 0.3 is 6.03 Å². The van der Waals surface area contributed by atoms with Gasteiger partial charge in [-0.05, 0) is 60.9 Å². The topological polar surface area (TPSA) is 135 Å². The summed E-state index contributed by atoms with van der Waals surface area (Å²) in [6.45, 7) is 11.6. The van der Waals surface area contributed by atoms with Crippen molar-refractivity contribution < 1.29 is 23.1 Å². The Morgan fingerprint density at radius 2 is 1.85 bits per heavy atom. The first kappa shape index (κ1) is 35.8. The number of sulfonamides is 1. The minimum Gasteiger partial charge on any atom is -0.390 e. The zero-order chi connectivity index (χ0) is 34.6. The van der Waals surface area contributed by atoms with E-state index in [4.69, 9.17) is 0 Å². The van der Waals surface area contributed by atoms with Crippen LogP contribution in [0.15, 0.2) is 58.8 Å². The van der Waals surface area contributed by atoms with E-state index in [0.717, 1.165) is 40.5 Å². The predicted octanol–water partition coefficient (Wildman–Crippen LogP) is 4.12. The van der Waals surface area contributed by atoms with Crippen molar-refractivity contribution in [2.45, 2.75) is 77.1 Å². The lowest BCUT2D eigenvalue weighted by Gasteiger charge is -2.34. The van der Waals surface area contributed by atoms with Crippen LogP contribution in [0.25, 0.3) is 0 Å². The number of anilines is 1. The average molecular weight is 697 g/mol. The number of amides is 3. The number of hydrogen-bond donors (Lipinski definition) is 3. The highest BCUT2D eigenvalue weighted by molar-refractivity contribution is 7.89. The molecule has 3 N–H and O–H groups in total. The van der Waals surface area contributed by atoms with Gasteiger partial charge in [0.25, 0.3) is 0 Å². The van der Waals surface area contributed by atoms with E-state index in [0.29, 0.717) is 19.6 Å². The first-order valence-corrected chi connectivity index (χ1v) is 19.0. The van der Waals surface area contributed by atoms with Crippen LogP contribution in [0, 0.1) is 18.8 Å². The molecule has 2 aliphatic rings. The molecule has 2 aromatic carbocycles.